The van der Waals surface area contributed by atoms with Gasteiger partial charge in [-0.3, -0.25) is 19.2 Å². The Kier molecular flexibility index (Phi) is 8.88. The molecule has 9 nitrogen and oxygen atoms in total. The van der Waals surface area contributed by atoms with E-state index in [0.29, 0.717) is 0 Å². The molecule has 0 amide bonds. The van der Waals surface area contributed by atoms with Crippen LogP contribution in [0.1, 0.15) is 33.3 Å². The molecule has 2 rings (SSSR count). The fraction of sp³-hybridized carbons (Fsp3) is 0.524. The van der Waals surface area contributed by atoms with Crippen LogP contribution in [0.4, 0.5) is 0 Å². The number of hydrogen-bond acceptors (Lipinski definition) is 10. The summed E-state index contributed by atoms with van der Waals surface area (Å²) in [4.78, 5) is 47.5. The van der Waals surface area contributed by atoms with Gasteiger partial charge in [0.1, 0.15) is 18.1 Å². The molecule has 0 saturated carbocycles. The highest BCUT2D eigenvalue weighted by molar-refractivity contribution is 7.99. The van der Waals surface area contributed by atoms with Crippen LogP contribution in [0.5, 0.6) is 0 Å². The summed E-state index contributed by atoms with van der Waals surface area (Å²) < 4.78 is 27.3. The van der Waals surface area contributed by atoms with Crippen molar-refractivity contribution in [3.05, 3.63) is 29.8 Å². The predicted octanol–water partition coefficient (Wildman–Crippen LogP) is 2.17. The maximum atomic E-state index is 11.8. The number of hydrogen-bond donors (Lipinski definition) is 0. The maximum Gasteiger partial charge on any atom is 0.303 e. The minimum Gasteiger partial charge on any atom is -0.463 e. The van der Waals surface area contributed by atoms with Crippen molar-refractivity contribution >= 4 is 35.6 Å². The first kappa shape index (κ1) is 24.7. The van der Waals surface area contributed by atoms with Crippen LogP contribution in [0.3, 0.4) is 0 Å². The van der Waals surface area contributed by atoms with Crippen LogP contribution in [0.2, 0.25) is 0 Å². The molecule has 1 fully saturated rings. The molecule has 1 saturated heterocycles. The molecule has 1 aromatic carbocycles. The van der Waals surface area contributed by atoms with Gasteiger partial charge in [-0.15, -0.1) is 0 Å². The average Bonchev–Trinajstić information content (AvgIpc) is 2.65. The third kappa shape index (κ3) is 7.55. The predicted molar refractivity (Wildman–Crippen MR) is 109 cm³/mol. The smallest absolute Gasteiger partial charge is 0.303 e. The lowest BCUT2D eigenvalue weighted by molar-refractivity contribution is -0.237. The van der Waals surface area contributed by atoms with Crippen molar-refractivity contribution in [2.24, 2.45) is 0 Å². The summed E-state index contributed by atoms with van der Waals surface area (Å²) in [6.07, 6.45) is -4.35. The highest BCUT2D eigenvalue weighted by atomic mass is 32.2. The first-order valence-corrected chi connectivity index (χ1v) is 10.5. The van der Waals surface area contributed by atoms with Gasteiger partial charge in [-0.2, -0.15) is 0 Å². The van der Waals surface area contributed by atoms with Gasteiger partial charge in [0.2, 0.25) is 0 Å². The minimum atomic E-state index is -1.16. The quantitative estimate of drug-likeness (QED) is 0.448. The highest BCUT2D eigenvalue weighted by Gasteiger charge is 2.52. The third-order valence-corrected chi connectivity index (χ3v) is 5.38. The number of carbonyl (C=O) groups is 4. The normalized spacial score (nSPS) is 25.3. The molecule has 0 bridgehead atoms. The molecule has 10 heteroatoms. The number of thioether (sulfide) groups is 1. The Labute approximate surface area is 184 Å². The Balaban J connectivity index is 2.43. The van der Waals surface area contributed by atoms with E-state index in [1.165, 1.54) is 39.5 Å². The molecule has 0 radical (unpaired) electrons. The van der Waals surface area contributed by atoms with Gasteiger partial charge in [0.25, 0.3) is 0 Å². The number of benzene rings is 1. The Hall–Kier alpha value is -2.59. The molecule has 0 aliphatic carbocycles. The molecule has 0 N–H and O–H groups in total. The summed E-state index contributed by atoms with van der Waals surface area (Å²) in [5.74, 6) is -2.50. The monoisotopic (exact) mass is 454 g/mol. The molecule has 1 aliphatic heterocycles. The number of rotatable bonds is 7. The van der Waals surface area contributed by atoms with Gasteiger partial charge in [0.05, 0.1) is 0 Å². The van der Waals surface area contributed by atoms with Gasteiger partial charge in [-0.25, -0.2) is 0 Å². The van der Waals surface area contributed by atoms with Crippen molar-refractivity contribution in [2.75, 3.05) is 6.61 Å². The van der Waals surface area contributed by atoms with Gasteiger partial charge in [-0.05, 0) is 19.1 Å². The van der Waals surface area contributed by atoms with E-state index in [9.17, 15) is 19.2 Å². The summed E-state index contributed by atoms with van der Waals surface area (Å²) in [6.45, 7) is 6.51. The Morgan fingerprint density at radius 2 is 1.32 bits per heavy atom. The molecule has 31 heavy (non-hydrogen) atoms. The van der Waals surface area contributed by atoms with E-state index in [2.05, 4.69) is 0 Å². The number of esters is 4. The topological polar surface area (TPSA) is 114 Å². The zero-order chi connectivity index (χ0) is 23.1. The summed E-state index contributed by atoms with van der Waals surface area (Å²) in [6, 6.07) is 7.56. The highest BCUT2D eigenvalue weighted by Crippen LogP contribution is 2.37. The van der Waals surface area contributed by atoms with E-state index in [4.69, 9.17) is 23.7 Å². The van der Waals surface area contributed by atoms with Gasteiger partial charge in [0, 0.05) is 32.6 Å². The summed E-state index contributed by atoms with van der Waals surface area (Å²) >= 11 is 1.24. The number of ether oxygens (including phenoxy) is 5. The second-order valence-corrected chi connectivity index (χ2v) is 8.17. The van der Waals surface area contributed by atoms with Crippen LogP contribution in [-0.4, -0.2) is 60.3 Å². The molecule has 0 aromatic heterocycles. The fourth-order valence-electron chi connectivity index (χ4n) is 3.03. The van der Waals surface area contributed by atoms with Crippen LogP contribution < -0.4 is 0 Å². The zero-order valence-electron chi connectivity index (χ0n) is 18.0. The van der Waals surface area contributed by atoms with Crippen molar-refractivity contribution in [1.82, 2.24) is 0 Å². The standard InChI is InChI=1S/C21H26O9S/c1-11-6-8-16(9-7-11)31-21-20(29-15(5)25)19(28-14(4)24)18(27-13(3)23)17(30-21)10-26-12(2)22/h6-9,17-21H,10H2,1-5H3/t17?,18-,19?,20+,21+/m1/s1. The van der Waals surface area contributed by atoms with E-state index >= 15 is 0 Å². The molecule has 1 aliphatic rings. The van der Waals surface area contributed by atoms with Gasteiger partial charge in [0.15, 0.2) is 18.3 Å². The lowest BCUT2D eigenvalue weighted by Crippen LogP contribution is -2.61. The Morgan fingerprint density at radius 3 is 1.84 bits per heavy atom. The van der Waals surface area contributed by atoms with E-state index in [1.54, 1.807) is 0 Å². The van der Waals surface area contributed by atoms with Crippen molar-refractivity contribution in [2.45, 2.75) is 69.4 Å². The van der Waals surface area contributed by atoms with Crippen LogP contribution in [0.25, 0.3) is 0 Å². The number of aryl methyl sites for hydroxylation is 1. The van der Waals surface area contributed by atoms with Crippen LogP contribution in [0.15, 0.2) is 29.2 Å². The van der Waals surface area contributed by atoms with Gasteiger partial charge >= 0.3 is 23.9 Å². The van der Waals surface area contributed by atoms with Crippen LogP contribution in [0, 0.1) is 6.92 Å². The molecular weight excluding hydrogens is 428 g/mol. The van der Waals surface area contributed by atoms with E-state index in [0.717, 1.165) is 10.5 Å². The molecule has 1 aromatic rings. The first-order valence-electron chi connectivity index (χ1n) is 9.60. The SMILES string of the molecule is CC(=O)OCC1O[C@@H](Sc2ccc(C)cc2)[C@@H](OC(C)=O)C(OC(C)=O)[C@@H]1OC(C)=O. The molecular formula is C21H26O9S. The second-order valence-electron chi connectivity index (χ2n) is 7.00. The average molecular weight is 454 g/mol. The molecule has 170 valence electrons. The first-order chi connectivity index (χ1) is 14.6. The Morgan fingerprint density at radius 1 is 0.806 bits per heavy atom. The molecule has 1 heterocycles. The van der Waals surface area contributed by atoms with Gasteiger partial charge in [-0.1, -0.05) is 29.5 Å². The van der Waals surface area contributed by atoms with E-state index < -0.39 is 53.7 Å². The maximum absolute atomic E-state index is 11.8. The van der Waals surface area contributed by atoms with Crippen molar-refractivity contribution in [3.8, 4) is 0 Å². The summed E-state index contributed by atoms with van der Waals surface area (Å²) in [5.41, 5.74) is 0.231. The van der Waals surface area contributed by atoms with Crippen LogP contribution in [-0.2, 0) is 42.9 Å². The third-order valence-electron chi connectivity index (χ3n) is 4.22. The fourth-order valence-corrected chi connectivity index (χ4v) is 4.14. The lowest BCUT2D eigenvalue weighted by Gasteiger charge is -2.44. The Bertz CT molecular complexity index is 808. The largest absolute Gasteiger partial charge is 0.463 e. The second kappa shape index (κ2) is 11.1. The minimum absolute atomic E-state index is 0.247. The van der Waals surface area contributed by atoms with Crippen molar-refractivity contribution < 1.29 is 42.9 Å². The number of carbonyl (C=O) groups excluding carboxylic acids is 4. The van der Waals surface area contributed by atoms with Crippen LogP contribution >= 0.6 is 11.8 Å². The van der Waals surface area contributed by atoms with E-state index in [-0.39, 0.29) is 6.61 Å². The summed E-state index contributed by atoms with van der Waals surface area (Å²) in [5, 5.41) is 0. The lowest BCUT2D eigenvalue weighted by atomic mass is 9.99. The zero-order valence-corrected chi connectivity index (χ0v) is 18.8. The van der Waals surface area contributed by atoms with Gasteiger partial charge < -0.3 is 23.7 Å². The molecule has 5 atom stereocenters. The van der Waals surface area contributed by atoms with Crippen molar-refractivity contribution in [1.29, 1.82) is 0 Å². The van der Waals surface area contributed by atoms with E-state index in [1.807, 2.05) is 31.2 Å². The molecule has 0 spiro atoms. The summed E-state index contributed by atoms with van der Waals surface area (Å²) in [7, 11) is 0. The molecule has 2 unspecified atom stereocenters. The van der Waals surface area contributed by atoms with Crippen molar-refractivity contribution in [3.63, 3.8) is 0 Å².